The van der Waals surface area contributed by atoms with Gasteiger partial charge in [0.05, 0.1) is 37.7 Å². The number of hydrogen-bond donors (Lipinski definition) is 0. The van der Waals surface area contributed by atoms with Gasteiger partial charge >= 0.3 is 0 Å². The molecule has 0 bridgehead atoms. The SMILES string of the molecule is O=C(c1ccnnc1)N1CC2(C1)OCC[C@@H]2COc1ncccc1F. The average Bonchev–Trinajstić information content (AvgIpc) is 3.04. The topological polar surface area (TPSA) is 77.4 Å². The molecule has 0 aromatic carbocycles. The van der Waals surface area contributed by atoms with Crippen molar-refractivity contribution in [2.45, 2.75) is 12.0 Å². The number of carbonyl (C=O) groups is 1. The van der Waals surface area contributed by atoms with Gasteiger partial charge in [-0.1, -0.05) is 0 Å². The second kappa shape index (κ2) is 6.36. The Hall–Kier alpha value is -2.61. The van der Waals surface area contributed by atoms with E-state index in [4.69, 9.17) is 9.47 Å². The Morgan fingerprint density at radius 3 is 3.00 bits per heavy atom. The highest BCUT2D eigenvalue weighted by Gasteiger charge is 2.54. The van der Waals surface area contributed by atoms with Crippen molar-refractivity contribution < 1.29 is 18.7 Å². The zero-order chi connectivity index (χ0) is 17.3. The lowest BCUT2D eigenvalue weighted by atomic mass is 9.81. The molecule has 0 unspecified atom stereocenters. The quantitative estimate of drug-likeness (QED) is 0.833. The minimum Gasteiger partial charge on any atom is -0.475 e. The standard InChI is InChI=1S/C17H17FN4O3/c18-14-2-1-5-19-15(14)24-9-13-4-7-25-17(13)10-22(11-17)16(23)12-3-6-20-21-8-12/h1-3,5-6,8,13H,4,7,9-11H2/t13-/m1/s1. The lowest BCUT2D eigenvalue weighted by Gasteiger charge is -2.50. The van der Waals surface area contributed by atoms with Crippen molar-refractivity contribution in [1.29, 1.82) is 0 Å². The van der Waals surface area contributed by atoms with Crippen molar-refractivity contribution >= 4 is 5.91 Å². The third-order valence-electron chi connectivity index (χ3n) is 4.78. The van der Waals surface area contributed by atoms with Crippen molar-refractivity contribution in [3.05, 3.63) is 48.2 Å². The second-order valence-corrected chi connectivity index (χ2v) is 6.29. The summed E-state index contributed by atoms with van der Waals surface area (Å²) in [5.41, 5.74) is 0.0904. The number of halogens is 1. The van der Waals surface area contributed by atoms with E-state index in [1.807, 2.05) is 0 Å². The fourth-order valence-corrected chi connectivity index (χ4v) is 3.37. The molecule has 25 heavy (non-hydrogen) atoms. The fraction of sp³-hybridized carbons (Fsp3) is 0.412. The third-order valence-corrected chi connectivity index (χ3v) is 4.78. The van der Waals surface area contributed by atoms with Crippen LogP contribution in [0.3, 0.4) is 0 Å². The van der Waals surface area contributed by atoms with Gasteiger partial charge in [0.25, 0.3) is 5.91 Å². The van der Waals surface area contributed by atoms with E-state index in [9.17, 15) is 9.18 Å². The van der Waals surface area contributed by atoms with Crippen LogP contribution >= 0.6 is 0 Å². The number of hydrogen-bond acceptors (Lipinski definition) is 6. The number of aromatic nitrogens is 3. The number of ether oxygens (including phenoxy) is 2. The summed E-state index contributed by atoms with van der Waals surface area (Å²) in [5.74, 6) is -0.481. The average molecular weight is 344 g/mol. The molecular weight excluding hydrogens is 327 g/mol. The smallest absolute Gasteiger partial charge is 0.255 e. The largest absolute Gasteiger partial charge is 0.475 e. The molecule has 2 fully saturated rings. The molecule has 7 nitrogen and oxygen atoms in total. The lowest BCUT2D eigenvalue weighted by Crippen LogP contribution is -2.66. The van der Waals surface area contributed by atoms with Crippen LogP contribution in [0, 0.1) is 11.7 Å². The van der Waals surface area contributed by atoms with Crippen LogP contribution in [-0.2, 0) is 4.74 Å². The number of likely N-dealkylation sites (tertiary alicyclic amines) is 1. The molecule has 8 heteroatoms. The molecule has 0 aliphatic carbocycles. The minimum atomic E-state index is -0.480. The van der Waals surface area contributed by atoms with Gasteiger partial charge in [0.1, 0.15) is 5.60 Å². The summed E-state index contributed by atoms with van der Waals surface area (Å²) < 4.78 is 25.1. The predicted octanol–water partition coefficient (Wildman–Crippen LogP) is 1.32. The van der Waals surface area contributed by atoms with Crippen LogP contribution in [0.2, 0.25) is 0 Å². The normalized spacial score (nSPS) is 21.2. The molecule has 4 heterocycles. The molecule has 2 aliphatic rings. The van der Waals surface area contributed by atoms with Crippen molar-refractivity contribution in [2.24, 2.45) is 5.92 Å². The highest BCUT2D eigenvalue weighted by molar-refractivity contribution is 5.94. The Balaban J connectivity index is 1.38. The first-order chi connectivity index (χ1) is 12.2. The van der Waals surface area contributed by atoms with Gasteiger partial charge in [-0.25, -0.2) is 9.37 Å². The van der Waals surface area contributed by atoms with Crippen molar-refractivity contribution in [3.63, 3.8) is 0 Å². The maximum absolute atomic E-state index is 13.6. The van der Waals surface area contributed by atoms with Crippen LogP contribution in [-0.4, -0.2) is 57.9 Å². The van der Waals surface area contributed by atoms with Crippen LogP contribution in [0.4, 0.5) is 4.39 Å². The van der Waals surface area contributed by atoms with E-state index in [0.29, 0.717) is 31.9 Å². The zero-order valence-corrected chi connectivity index (χ0v) is 13.5. The maximum atomic E-state index is 13.6. The number of pyridine rings is 1. The molecule has 130 valence electrons. The van der Waals surface area contributed by atoms with Crippen molar-refractivity contribution in [3.8, 4) is 5.88 Å². The van der Waals surface area contributed by atoms with Crippen LogP contribution in [0.15, 0.2) is 36.8 Å². The predicted molar refractivity (Wildman–Crippen MR) is 84.4 cm³/mol. The summed E-state index contributed by atoms with van der Waals surface area (Å²) >= 11 is 0. The Kier molecular flexibility index (Phi) is 4.04. The maximum Gasteiger partial charge on any atom is 0.255 e. The first kappa shape index (κ1) is 15.9. The molecule has 2 saturated heterocycles. The van der Waals surface area contributed by atoms with Crippen molar-refractivity contribution in [1.82, 2.24) is 20.1 Å². The van der Waals surface area contributed by atoms with Crippen LogP contribution < -0.4 is 4.74 Å². The van der Waals surface area contributed by atoms with E-state index in [0.717, 1.165) is 6.42 Å². The fourth-order valence-electron chi connectivity index (χ4n) is 3.37. The molecule has 2 aromatic heterocycles. The molecule has 0 N–H and O–H groups in total. The summed E-state index contributed by atoms with van der Waals surface area (Å²) in [4.78, 5) is 18.0. The second-order valence-electron chi connectivity index (χ2n) is 6.29. The zero-order valence-electron chi connectivity index (χ0n) is 13.5. The van der Waals surface area contributed by atoms with Gasteiger partial charge in [-0.05, 0) is 24.6 Å². The Morgan fingerprint density at radius 1 is 1.36 bits per heavy atom. The molecule has 0 radical (unpaired) electrons. The van der Waals surface area contributed by atoms with E-state index < -0.39 is 11.4 Å². The number of nitrogens with zero attached hydrogens (tertiary/aromatic N) is 4. The minimum absolute atomic E-state index is 0.000309. The monoisotopic (exact) mass is 344 g/mol. The molecule has 1 amide bonds. The van der Waals surface area contributed by atoms with Gasteiger partial charge in [-0.15, -0.1) is 0 Å². The van der Waals surface area contributed by atoms with Gasteiger partial charge in [-0.3, -0.25) is 4.79 Å². The van der Waals surface area contributed by atoms with Gasteiger partial charge in [-0.2, -0.15) is 10.2 Å². The number of carbonyl (C=O) groups excluding carboxylic acids is 1. The van der Waals surface area contributed by atoms with Gasteiger partial charge in [0.2, 0.25) is 5.88 Å². The van der Waals surface area contributed by atoms with Crippen LogP contribution in [0.1, 0.15) is 16.8 Å². The molecule has 1 atom stereocenters. The van der Waals surface area contributed by atoms with E-state index in [1.54, 1.807) is 11.0 Å². The van der Waals surface area contributed by atoms with E-state index >= 15 is 0 Å². The molecule has 2 aromatic rings. The molecule has 2 aliphatic heterocycles. The summed E-state index contributed by atoms with van der Waals surface area (Å²) in [5, 5.41) is 7.41. The summed E-state index contributed by atoms with van der Waals surface area (Å²) in [6, 6.07) is 4.47. The van der Waals surface area contributed by atoms with E-state index in [1.165, 1.54) is 30.7 Å². The van der Waals surface area contributed by atoms with Crippen LogP contribution in [0.5, 0.6) is 5.88 Å². The van der Waals surface area contributed by atoms with Crippen LogP contribution in [0.25, 0.3) is 0 Å². The third kappa shape index (κ3) is 2.93. The van der Waals surface area contributed by atoms with E-state index in [2.05, 4.69) is 15.2 Å². The molecule has 4 rings (SSSR count). The summed E-state index contributed by atoms with van der Waals surface area (Å²) in [6.45, 7) is 1.91. The molecular formula is C17H17FN4O3. The Morgan fingerprint density at radius 2 is 2.24 bits per heavy atom. The molecule has 0 saturated carbocycles. The Bertz CT molecular complexity index is 767. The van der Waals surface area contributed by atoms with E-state index in [-0.39, 0.29) is 17.7 Å². The highest BCUT2D eigenvalue weighted by Crippen LogP contribution is 2.40. The number of amides is 1. The highest BCUT2D eigenvalue weighted by atomic mass is 19.1. The number of rotatable bonds is 4. The molecule has 1 spiro atoms. The summed E-state index contributed by atoms with van der Waals surface area (Å²) in [7, 11) is 0. The van der Waals surface area contributed by atoms with Gasteiger partial charge < -0.3 is 14.4 Å². The lowest BCUT2D eigenvalue weighted by molar-refractivity contribution is -0.122. The first-order valence-corrected chi connectivity index (χ1v) is 8.11. The van der Waals surface area contributed by atoms with Gasteiger partial charge in [0, 0.05) is 18.7 Å². The van der Waals surface area contributed by atoms with Gasteiger partial charge in [0.15, 0.2) is 5.82 Å². The van der Waals surface area contributed by atoms with Crippen molar-refractivity contribution in [2.75, 3.05) is 26.3 Å². The first-order valence-electron chi connectivity index (χ1n) is 8.11. The Labute approximate surface area is 143 Å². The summed E-state index contributed by atoms with van der Waals surface area (Å²) in [6.07, 6.45) is 5.25.